The van der Waals surface area contributed by atoms with Gasteiger partial charge < -0.3 is 5.32 Å². The van der Waals surface area contributed by atoms with E-state index in [1.807, 2.05) is 0 Å². The van der Waals surface area contributed by atoms with Crippen LogP contribution >= 0.6 is 34.7 Å². The monoisotopic (exact) mass is 581 g/mol. The second kappa shape index (κ2) is 9.28. The molecule has 0 spiro atoms. The van der Waals surface area contributed by atoms with Gasteiger partial charge in [-0.1, -0.05) is 54.6 Å². The van der Waals surface area contributed by atoms with E-state index in [9.17, 15) is 32.3 Å². The minimum absolute atomic E-state index is 0.0646. The molecule has 198 valence electrons. The number of thioether (sulfide) groups is 1. The van der Waals surface area contributed by atoms with Crippen LogP contribution in [0.3, 0.4) is 0 Å². The Hall–Kier alpha value is -3.09. The number of carbonyl (C=O) groups is 3. The molecule has 38 heavy (non-hydrogen) atoms. The van der Waals surface area contributed by atoms with E-state index in [1.54, 1.807) is 38.1 Å². The first-order chi connectivity index (χ1) is 17.8. The summed E-state index contributed by atoms with van der Waals surface area (Å²) >= 11 is 7.89. The molecular weight excluding hydrogens is 563 g/mol. The summed E-state index contributed by atoms with van der Waals surface area (Å²) in [6.07, 6.45) is -4.58. The molecule has 3 heterocycles. The molecule has 1 aromatic heterocycles. The highest BCUT2D eigenvalue weighted by Gasteiger charge is 2.59. The summed E-state index contributed by atoms with van der Waals surface area (Å²) in [5, 5.41) is 2.42. The molecule has 0 saturated carbocycles. The lowest BCUT2D eigenvalue weighted by Crippen LogP contribution is -2.41. The molecule has 1 N–H and O–H groups in total. The number of imide groups is 1. The second-order valence-corrected chi connectivity index (χ2v) is 12.0. The lowest BCUT2D eigenvalue weighted by atomic mass is 9.76. The molecule has 2 aliphatic rings. The van der Waals surface area contributed by atoms with Crippen LogP contribution in [-0.2, 0) is 32.5 Å². The lowest BCUT2D eigenvalue weighted by molar-refractivity contribution is -0.137. The normalized spacial score (nSPS) is 20.3. The first-order valence-electron chi connectivity index (χ1n) is 11.3. The van der Waals surface area contributed by atoms with Gasteiger partial charge in [0.2, 0.25) is 17.7 Å². The molecule has 0 bridgehead atoms. The van der Waals surface area contributed by atoms with Crippen molar-refractivity contribution in [2.75, 3.05) is 10.2 Å². The quantitative estimate of drug-likeness (QED) is 0.430. The predicted octanol–water partition coefficient (Wildman–Crippen LogP) is 5.16. The van der Waals surface area contributed by atoms with Crippen molar-refractivity contribution in [1.29, 1.82) is 0 Å². The molecule has 1 saturated heterocycles. The Bertz CT molecular complexity index is 1530. The number of hydrogen-bond donors (Lipinski definition) is 1. The van der Waals surface area contributed by atoms with Crippen molar-refractivity contribution in [2.45, 2.75) is 42.3 Å². The van der Waals surface area contributed by atoms with Gasteiger partial charge in [-0.15, -0.1) is 0 Å². The van der Waals surface area contributed by atoms with E-state index in [2.05, 4.69) is 5.32 Å². The van der Waals surface area contributed by atoms with E-state index in [4.69, 9.17) is 11.6 Å². The molecule has 2 atom stereocenters. The number of benzene rings is 2. The van der Waals surface area contributed by atoms with Crippen LogP contribution in [0.25, 0.3) is 0 Å². The van der Waals surface area contributed by atoms with E-state index in [0.29, 0.717) is 20.6 Å². The number of rotatable bonds is 4. The van der Waals surface area contributed by atoms with Gasteiger partial charge in [0.15, 0.2) is 0 Å². The summed E-state index contributed by atoms with van der Waals surface area (Å²) in [5.41, 5.74) is -1.49. The predicted molar refractivity (Wildman–Crippen MR) is 139 cm³/mol. The molecule has 2 aliphatic heterocycles. The molecule has 5 rings (SSSR count). The van der Waals surface area contributed by atoms with Crippen molar-refractivity contribution in [1.82, 2.24) is 4.57 Å². The van der Waals surface area contributed by atoms with Crippen LogP contribution < -0.4 is 15.1 Å². The minimum atomic E-state index is -4.58. The molecular formula is C25H19ClF3N3O4S2. The summed E-state index contributed by atoms with van der Waals surface area (Å²) in [6, 6.07) is 10.5. The summed E-state index contributed by atoms with van der Waals surface area (Å²) in [4.78, 5) is 53.8. The van der Waals surface area contributed by atoms with Gasteiger partial charge in [0, 0.05) is 21.0 Å². The Labute approximate surface area is 227 Å². The zero-order valence-corrected chi connectivity index (χ0v) is 22.2. The Kier molecular flexibility index (Phi) is 6.48. The van der Waals surface area contributed by atoms with Gasteiger partial charge in [0.1, 0.15) is 11.8 Å². The number of nitrogens with one attached hydrogen (secondary N) is 1. The standard InChI is InChI=1S/C25H19ClF3N3O4S2/c1-24(2)17-18(21(35)32(20(17)34)15-8-6-13(26)7-9-15)37-22-19(24)38-23(36)31(22)11-16(33)30-14-5-3-4-12(10-14)25(27,28)29/h3-10,17-18H,11H2,1-2H3,(H,30,33). The molecule has 0 aliphatic carbocycles. The van der Waals surface area contributed by atoms with Gasteiger partial charge in [-0.05, 0) is 42.5 Å². The fourth-order valence-electron chi connectivity index (χ4n) is 4.73. The zero-order valence-electron chi connectivity index (χ0n) is 19.8. The van der Waals surface area contributed by atoms with Crippen molar-refractivity contribution in [3.63, 3.8) is 0 Å². The van der Waals surface area contributed by atoms with Gasteiger partial charge in [-0.3, -0.25) is 23.7 Å². The molecule has 1 fully saturated rings. The Morgan fingerprint density at radius 1 is 1.08 bits per heavy atom. The van der Waals surface area contributed by atoms with E-state index < -0.39 is 51.6 Å². The zero-order chi connectivity index (χ0) is 27.6. The molecule has 3 aromatic rings. The molecule has 13 heteroatoms. The molecule has 7 nitrogen and oxygen atoms in total. The third-order valence-electron chi connectivity index (χ3n) is 6.56. The lowest BCUT2D eigenvalue weighted by Gasteiger charge is -2.36. The molecule has 3 amide bonds. The van der Waals surface area contributed by atoms with Gasteiger partial charge in [0.25, 0.3) is 0 Å². The third kappa shape index (κ3) is 4.44. The van der Waals surface area contributed by atoms with Crippen molar-refractivity contribution in [3.8, 4) is 0 Å². The van der Waals surface area contributed by atoms with E-state index in [1.165, 1.54) is 16.7 Å². The van der Waals surface area contributed by atoms with E-state index in [0.717, 1.165) is 40.1 Å². The van der Waals surface area contributed by atoms with Crippen LogP contribution in [0.5, 0.6) is 0 Å². The number of halogens is 4. The number of aromatic nitrogens is 1. The Morgan fingerprint density at radius 2 is 1.76 bits per heavy atom. The number of amides is 3. The number of thiazole rings is 1. The number of anilines is 2. The topological polar surface area (TPSA) is 88.5 Å². The fourth-order valence-corrected chi connectivity index (χ4v) is 7.89. The van der Waals surface area contributed by atoms with Crippen molar-refractivity contribution < 1.29 is 27.6 Å². The van der Waals surface area contributed by atoms with Crippen molar-refractivity contribution in [3.05, 3.63) is 73.7 Å². The SMILES string of the molecule is CC1(C)c2sc(=O)n(CC(=O)Nc3cccc(C(F)(F)F)c3)c2SC2C(=O)N(c3ccc(Cl)cc3)C(=O)C21. The second-order valence-electron chi connectivity index (χ2n) is 9.44. The van der Waals surface area contributed by atoms with Gasteiger partial charge in [-0.2, -0.15) is 13.2 Å². The number of carbonyl (C=O) groups excluding carboxylic acids is 3. The first-order valence-corrected chi connectivity index (χ1v) is 13.4. The van der Waals surface area contributed by atoms with Crippen LogP contribution in [0.2, 0.25) is 5.02 Å². The summed E-state index contributed by atoms with van der Waals surface area (Å²) in [7, 11) is 0. The average Bonchev–Trinajstić information content (AvgIpc) is 3.28. The molecule has 2 aromatic carbocycles. The van der Waals surface area contributed by atoms with Crippen molar-refractivity contribution in [2.24, 2.45) is 5.92 Å². The van der Waals surface area contributed by atoms with Crippen LogP contribution in [-0.4, -0.2) is 27.5 Å². The van der Waals surface area contributed by atoms with Crippen LogP contribution in [0, 0.1) is 5.92 Å². The molecule has 0 radical (unpaired) electrons. The Morgan fingerprint density at radius 3 is 2.42 bits per heavy atom. The Balaban J connectivity index is 1.44. The maximum atomic E-state index is 13.5. The number of fused-ring (bicyclic) bond motifs is 2. The van der Waals surface area contributed by atoms with Crippen molar-refractivity contribution >= 4 is 63.8 Å². The highest BCUT2D eigenvalue weighted by atomic mass is 35.5. The van der Waals surface area contributed by atoms with Gasteiger partial charge in [0.05, 0.1) is 22.2 Å². The largest absolute Gasteiger partial charge is 0.416 e. The van der Waals surface area contributed by atoms with E-state index in [-0.39, 0.29) is 11.6 Å². The molecule has 2 unspecified atom stereocenters. The summed E-state index contributed by atoms with van der Waals surface area (Å²) in [6.45, 7) is 3.09. The first kappa shape index (κ1) is 26.5. The fraction of sp³-hybridized carbons (Fsp3) is 0.280. The smallest absolute Gasteiger partial charge is 0.325 e. The highest BCUT2D eigenvalue weighted by Crippen LogP contribution is 2.54. The summed E-state index contributed by atoms with van der Waals surface area (Å²) in [5.74, 6) is -2.28. The maximum absolute atomic E-state index is 13.5. The minimum Gasteiger partial charge on any atom is -0.325 e. The van der Waals surface area contributed by atoms with E-state index >= 15 is 0 Å². The van der Waals surface area contributed by atoms with Crippen LogP contribution in [0.1, 0.15) is 24.3 Å². The average molecular weight is 582 g/mol. The van der Waals surface area contributed by atoms with Gasteiger partial charge in [-0.25, -0.2) is 4.90 Å². The number of nitrogens with zero attached hydrogens (tertiary/aromatic N) is 2. The third-order valence-corrected chi connectivity index (χ3v) is 9.64. The number of hydrogen-bond acceptors (Lipinski definition) is 6. The van der Waals surface area contributed by atoms with Crippen LogP contribution in [0.4, 0.5) is 24.5 Å². The van der Waals surface area contributed by atoms with Crippen LogP contribution in [0.15, 0.2) is 58.4 Å². The maximum Gasteiger partial charge on any atom is 0.416 e. The highest BCUT2D eigenvalue weighted by molar-refractivity contribution is 8.00. The summed E-state index contributed by atoms with van der Waals surface area (Å²) < 4.78 is 40.3. The van der Waals surface area contributed by atoms with Gasteiger partial charge >= 0.3 is 11.0 Å². The number of alkyl halides is 3.